The summed E-state index contributed by atoms with van der Waals surface area (Å²) < 4.78 is 23.2. The van der Waals surface area contributed by atoms with Crippen LogP contribution in [0.5, 0.6) is 5.75 Å². The molecule has 138 valence electrons. The maximum Gasteiger partial charge on any atom is 0.413 e. The highest BCUT2D eigenvalue weighted by Gasteiger charge is 2.32. The van der Waals surface area contributed by atoms with Crippen molar-refractivity contribution in [1.82, 2.24) is 5.32 Å². The molecule has 1 aromatic carbocycles. The van der Waals surface area contributed by atoms with Crippen LogP contribution in [0.15, 0.2) is 18.2 Å². The van der Waals surface area contributed by atoms with Crippen LogP contribution >= 0.6 is 0 Å². The second-order valence-corrected chi connectivity index (χ2v) is 6.24. The molecule has 2 amide bonds. The molecule has 0 aromatic heterocycles. The molecule has 1 aromatic rings. The lowest BCUT2D eigenvalue weighted by Gasteiger charge is -2.32. The minimum Gasteiger partial charge on any atom is -0.496 e. The Morgan fingerprint density at radius 1 is 1.24 bits per heavy atom. The van der Waals surface area contributed by atoms with Crippen LogP contribution in [0.4, 0.5) is 9.18 Å². The molecule has 1 fully saturated rings. The van der Waals surface area contributed by atoms with E-state index in [1.54, 1.807) is 20.1 Å². The summed E-state index contributed by atoms with van der Waals surface area (Å²) in [5.74, 6) is 0.0826. The summed E-state index contributed by atoms with van der Waals surface area (Å²) in [7, 11) is 2.80. The van der Waals surface area contributed by atoms with Gasteiger partial charge >= 0.3 is 6.09 Å². The molecule has 0 radical (unpaired) electrons. The van der Waals surface area contributed by atoms with Gasteiger partial charge in [0.05, 0.1) is 19.8 Å². The van der Waals surface area contributed by atoms with E-state index in [0.29, 0.717) is 12.3 Å². The second kappa shape index (κ2) is 8.77. The first-order valence-electron chi connectivity index (χ1n) is 8.34. The molecular weight excluding hydrogens is 329 g/mol. The monoisotopic (exact) mass is 355 g/mol. The molecule has 0 unspecified atom stereocenters. The number of nitrogens with one attached hydrogen (secondary N) is 3. The number of ether oxygens (including phenoxy) is 2. The van der Waals surface area contributed by atoms with Gasteiger partial charge in [0.2, 0.25) is 0 Å². The first-order valence-corrected chi connectivity index (χ1v) is 8.34. The van der Waals surface area contributed by atoms with Crippen LogP contribution in [-0.4, -0.2) is 58.4 Å². The third-order valence-corrected chi connectivity index (χ3v) is 4.70. The normalized spacial score (nSPS) is 21.3. The van der Waals surface area contributed by atoms with Gasteiger partial charge in [0.15, 0.2) is 6.04 Å². The van der Waals surface area contributed by atoms with Crippen LogP contribution in [0.3, 0.4) is 0 Å². The predicted octanol–water partition coefficient (Wildman–Crippen LogP) is -1.61. The van der Waals surface area contributed by atoms with Gasteiger partial charge in [-0.2, -0.15) is 0 Å². The van der Waals surface area contributed by atoms with E-state index in [1.165, 1.54) is 24.1 Å². The van der Waals surface area contributed by atoms with E-state index in [2.05, 4.69) is 10.1 Å². The van der Waals surface area contributed by atoms with Crippen molar-refractivity contribution in [2.45, 2.75) is 19.5 Å². The van der Waals surface area contributed by atoms with E-state index >= 15 is 0 Å². The zero-order valence-electron chi connectivity index (χ0n) is 14.9. The Morgan fingerprint density at radius 2 is 1.92 bits per heavy atom. The maximum absolute atomic E-state index is 13.5. The Balaban J connectivity index is 1.88. The summed E-state index contributed by atoms with van der Waals surface area (Å²) in [5, 5.41) is 2.21. The van der Waals surface area contributed by atoms with Gasteiger partial charge in [-0.25, -0.2) is 9.18 Å². The van der Waals surface area contributed by atoms with Crippen LogP contribution in [0.2, 0.25) is 0 Å². The van der Waals surface area contributed by atoms with E-state index in [1.807, 2.05) is 0 Å². The highest BCUT2D eigenvalue weighted by Crippen LogP contribution is 2.18. The fourth-order valence-corrected chi connectivity index (χ4v) is 3.13. The van der Waals surface area contributed by atoms with Crippen LogP contribution in [-0.2, 0) is 16.1 Å². The van der Waals surface area contributed by atoms with E-state index in [-0.39, 0.29) is 17.8 Å². The molecule has 1 saturated heterocycles. The number of rotatable bonds is 5. The first kappa shape index (κ1) is 19.1. The minimum absolute atomic E-state index is 0.271. The third-order valence-electron chi connectivity index (χ3n) is 4.70. The number of quaternary nitrogens is 2. The topological polar surface area (TPSA) is 73.5 Å². The zero-order chi connectivity index (χ0) is 18.4. The maximum atomic E-state index is 13.5. The molecule has 1 aliphatic heterocycles. The minimum atomic E-state index is -0.737. The highest BCUT2D eigenvalue weighted by atomic mass is 19.1. The lowest BCUT2D eigenvalue weighted by molar-refractivity contribution is -1.02. The molecule has 0 bridgehead atoms. The molecule has 1 aliphatic rings. The van der Waals surface area contributed by atoms with Crippen molar-refractivity contribution in [3.63, 3.8) is 0 Å². The molecule has 1 heterocycles. The second-order valence-electron chi connectivity index (χ2n) is 6.24. The van der Waals surface area contributed by atoms with Crippen molar-refractivity contribution >= 4 is 12.0 Å². The zero-order valence-corrected chi connectivity index (χ0v) is 14.9. The molecular formula is C17H26FN3O4+2. The van der Waals surface area contributed by atoms with E-state index in [4.69, 9.17) is 4.74 Å². The number of hydrogen-bond donors (Lipinski definition) is 3. The van der Waals surface area contributed by atoms with Crippen molar-refractivity contribution < 1.29 is 33.3 Å². The van der Waals surface area contributed by atoms with Gasteiger partial charge in [-0.15, -0.1) is 0 Å². The summed E-state index contributed by atoms with van der Waals surface area (Å²) in [6.45, 7) is 5.77. The molecule has 0 saturated carbocycles. The van der Waals surface area contributed by atoms with Gasteiger partial charge in [-0.3, -0.25) is 10.1 Å². The molecule has 3 N–H and O–H groups in total. The molecule has 25 heavy (non-hydrogen) atoms. The number of carbonyl (C=O) groups is 2. The number of halogens is 1. The van der Waals surface area contributed by atoms with E-state index in [0.717, 1.165) is 36.6 Å². The van der Waals surface area contributed by atoms with Crippen molar-refractivity contribution in [1.29, 1.82) is 0 Å². The standard InChI is InChI=1S/C17H24FN3O4/c1-12(16(22)19-17(23)25-3)21-8-6-20(7-9-21)11-13-10-14(18)4-5-15(13)24-2/h4-5,10,12H,6-9,11H2,1-3H3,(H,19,22,23)/p+2/t12-/m0/s1. The van der Waals surface area contributed by atoms with Gasteiger partial charge in [0.1, 0.15) is 44.3 Å². The lowest BCUT2D eigenvalue weighted by atomic mass is 10.1. The number of benzene rings is 1. The quantitative estimate of drug-likeness (QED) is 0.594. The Labute approximate surface area is 146 Å². The number of imide groups is 1. The fraction of sp³-hybridized carbons (Fsp3) is 0.529. The number of piperazine rings is 1. The molecule has 7 nitrogen and oxygen atoms in total. The Morgan fingerprint density at radius 3 is 2.52 bits per heavy atom. The Bertz CT molecular complexity index is 618. The number of hydrogen-bond acceptors (Lipinski definition) is 4. The van der Waals surface area contributed by atoms with Crippen molar-refractivity contribution in [3.05, 3.63) is 29.6 Å². The van der Waals surface area contributed by atoms with Gasteiger partial charge in [0, 0.05) is 0 Å². The van der Waals surface area contributed by atoms with Gasteiger partial charge in [0.25, 0.3) is 5.91 Å². The Kier molecular flexibility index (Phi) is 6.72. The Hall–Kier alpha value is -2.19. The van der Waals surface area contributed by atoms with Crippen molar-refractivity contribution in [3.8, 4) is 5.75 Å². The smallest absolute Gasteiger partial charge is 0.413 e. The molecule has 0 spiro atoms. The van der Waals surface area contributed by atoms with Crippen LogP contribution in [0, 0.1) is 5.82 Å². The number of methoxy groups -OCH3 is 2. The summed E-state index contributed by atoms with van der Waals surface area (Å²) in [5.41, 5.74) is 0.845. The average Bonchev–Trinajstić information content (AvgIpc) is 2.61. The third kappa shape index (κ3) is 5.14. The van der Waals surface area contributed by atoms with Gasteiger partial charge in [-0.05, 0) is 25.1 Å². The number of alkyl carbamates (subject to hydrolysis) is 1. The largest absolute Gasteiger partial charge is 0.496 e. The average molecular weight is 355 g/mol. The summed E-state index contributed by atoms with van der Waals surface area (Å²) in [4.78, 5) is 25.6. The molecule has 8 heteroatoms. The fourth-order valence-electron chi connectivity index (χ4n) is 3.13. The predicted molar refractivity (Wildman–Crippen MR) is 88.1 cm³/mol. The van der Waals surface area contributed by atoms with E-state index in [9.17, 15) is 14.0 Å². The molecule has 2 rings (SSSR count). The summed E-state index contributed by atoms with van der Waals surface area (Å²) >= 11 is 0. The molecule has 0 aliphatic carbocycles. The SMILES string of the molecule is COC(=O)NC(=O)[C@H](C)[NH+]1CC[NH+](Cc2cc(F)ccc2OC)CC1. The van der Waals surface area contributed by atoms with Crippen molar-refractivity contribution in [2.24, 2.45) is 0 Å². The summed E-state index contributed by atoms with van der Waals surface area (Å²) in [6, 6.07) is 4.22. The number of carbonyl (C=O) groups excluding carboxylic acids is 2. The van der Waals surface area contributed by atoms with Gasteiger partial charge in [-0.1, -0.05) is 0 Å². The van der Waals surface area contributed by atoms with E-state index < -0.39 is 6.09 Å². The van der Waals surface area contributed by atoms with Crippen molar-refractivity contribution in [2.75, 3.05) is 40.4 Å². The van der Waals surface area contributed by atoms with Gasteiger partial charge < -0.3 is 19.3 Å². The molecule has 1 atom stereocenters. The van der Waals surface area contributed by atoms with Crippen LogP contribution in [0.25, 0.3) is 0 Å². The van der Waals surface area contributed by atoms with Crippen LogP contribution in [0.1, 0.15) is 12.5 Å². The summed E-state index contributed by atoms with van der Waals surface area (Å²) in [6.07, 6.45) is -0.737. The first-order chi connectivity index (χ1) is 11.9. The highest BCUT2D eigenvalue weighted by molar-refractivity contribution is 5.93. The van der Waals surface area contributed by atoms with Crippen LogP contribution < -0.4 is 19.9 Å². The lowest BCUT2D eigenvalue weighted by Crippen LogP contribution is -3.29. The number of amides is 2.